The van der Waals surface area contributed by atoms with Crippen molar-refractivity contribution >= 4 is 23.4 Å². The van der Waals surface area contributed by atoms with E-state index in [2.05, 4.69) is 15.3 Å². The Labute approximate surface area is 95.7 Å². The molecule has 0 radical (unpaired) electrons. The van der Waals surface area contributed by atoms with Gasteiger partial charge in [-0.1, -0.05) is 0 Å². The molecule has 4 nitrogen and oxygen atoms in total. The number of aromatic nitrogens is 2. The van der Waals surface area contributed by atoms with Crippen LogP contribution in [-0.4, -0.2) is 36.0 Å². The summed E-state index contributed by atoms with van der Waals surface area (Å²) >= 11 is 5.84. The quantitative estimate of drug-likeness (QED) is 0.783. The Balaban J connectivity index is 2.50. The number of nitrogens with one attached hydrogen (secondary N) is 1. The molecule has 0 aliphatic rings. The van der Waals surface area contributed by atoms with Gasteiger partial charge in [-0.2, -0.15) is 4.98 Å². The smallest absolute Gasteiger partial charge is 0.226 e. The van der Waals surface area contributed by atoms with E-state index in [1.165, 1.54) is 0 Å². The van der Waals surface area contributed by atoms with Crippen molar-refractivity contribution in [1.29, 1.82) is 0 Å². The zero-order valence-electron chi connectivity index (χ0n) is 9.37. The van der Waals surface area contributed by atoms with Gasteiger partial charge in [0, 0.05) is 32.2 Å². The first-order chi connectivity index (χ1) is 7.09. The van der Waals surface area contributed by atoms with E-state index < -0.39 is 0 Å². The third kappa shape index (κ3) is 4.34. The van der Waals surface area contributed by atoms with Gasteiger partial charge < -0.3 is 10.2 Å². The van der Waals surface area contributed by atoms with Crippen molar-refractivity contribution in [3.05, 3.63) is 12.3 Å². The lowest BCUT2D eigenvalue weighted by atomic mass is 10.3. The van der Waals surface area contributed by atoms with Crippen molar-refractivity contribution in [3.63, 3.8) is 0 Å². The van der Waals surface area contributed by atoms with E-state index in [9.17, 15) is 0 Å². The first-order valence-corrected chi connectivity index (χ1v) is 5.41. The number of hydrogen-bond donors (Lipinski definition) is 1. The summed E-state index contributed by atoms with van der Waals surface area (Å²) in [6.07, 6.45) is 2.66. The van der Waals surface area contributed by atoms with Crippen molar-refractivity contribution in [2.24, 2.45) is 0 Å². The van der Waals surface area contributed by atoms with E-state index in [0.717, 1.165) is 18.8 Å². The van der Waals surface area contributed by atoms with E-state index in [4.69, 9.17) is 11.6 Å². The highest BCUT2D eigenvalue weighted by molar-refractivity contribution is 6.20. The van der Waals surface area contributed by atoms with Crippen molar-refractivity contribution in [2.75, 3.05) is 30.9 Å². The second-order valence-electron chi connectivity index (χ2n) is 3.63. The molecule has 1 heterocycles. The van der Waals surface area contributed by atoms with Gasteiger partial charge in [-0.05, 0) is 19.4 Å². The molecule has 0 amide bonds. The summed E-state index contributed by atoms with van der Waals surface area (Å²) in [7, 11) is 3.83. The van der Waals surface area contributed by atoms with E-state index in [1.54, 1.807) is 6.20 Å². The lowest BCUT2D eigenvalue weighted by Crippen LogP contribution is -2.14. The Hall–Kier alpha value is -1.03. The highest BCUT2D eigenvalue weighted by Gasteiger charge is 2.01. The molecular formula is C10H17ClN4. The second kappa shape index (κ2) is 5.75. The monoisotopic (exact) mass is 228 g/mol. The Morgan fingerprint density at radius 2 is 2.27 bits per heavy atom. The van der Waals surface area contributed by atoms with Crippen LogP contribution in [0.5, 0.6) is 0 Å². The molecule has 0 spiro atoms. The standard InChI is InChI=1S/C10H17ClN4/c1-8(11)4-6-12-9-5-7-13-10(14-9)15(2)3/h5,7-8H,4,6H2,1-3H3,(H,12,13,14). The maximum atomic E-state index is 5.84. The second-order valence-corrected chi connectivity index (χ2v) is 4.38. The zero-order chi connectivity index (χ0) is 11.3. The summed E-state index contributed by atoms with van der Waals surface area (Å²) < 4.78 is 0. The molecule has 0 bridgehead atoms. The van der Waals surface area contributed by atoms with Crippen molar-refractivity contribution in [2.45, 2.75) is 18.7 Å². The van der Waals surface area contributed by atoms with Crippen LogP contribution < -0.4 is 10.2 Å². The van der Waals surface area contributed by atoms with Crippen LogP contribution in [0, 0.1) is 0 Å². The van der Waals surface area contributed by atoms with Crippen LogP contribution in [0.4, 0.5) is 11.8 Å². The molecule has 1 rings (SSSR count). The SMILES string of the molecule is CC(Cl)CCNc1ccnc(N(C)C)n1. The predicted molar refractivity (Wildman–Crippen MR) is 64.8 cm³/mol. The summed E-state index contributed by atoms with van der Waals surface area (Å²) in [4.78, 5) is 10.3. The van der Waals surface area contributed by atoms with Crippen LogP contribution in [0.2, 0.25) is 0 Å². The molecule has 84 valence electrons. The fraction of sp³-hybridized carbons (Fsp3) is 0.600. The highest BCUT2D eigenvalue weighted by Crippen LogP contribution is 2.08. The van der Waals surface area contributed by atoms with Crippen molar-refractivity contribution in [1.82, 2.24) is 9.97 Å². The van der Waals surface area contributed by atoms with Crippen LogP contribution >= 0.6 is 11.6 Å². The number of hydrogen-bond acceptors (Lipinski definition) is 4. The van der Waals surface area contributed by atoms with Crippen LogP contribution in [0.3, 0.4) is 0 Å². The van der Waals surface area contributed by atoms with E-state index >= 15 is 0 Å². The lowest BCUT2D eigenvalue weighted by molar-refractivity contribution is 0.837. The van der Waals surface area contributed by atoms with Crippen LogP contribution in [-0.2, 0) is 0 Å². The van der Waals surface area contributed by atoms with Gasteiger partial charge in [-0.3, -0.25) is 0 Å². The van der Waals surface area contributed by atoms with Crippen molar-refractivity contribution in [3.8, 4) is 0 Å². The first-order valence-electron chi connectivity index (χ1n) is 4.98. The topological polar surface area (TPSA) is 41.1 Å². The molecule has 1 atom stereocenters. The van der Waals surface area contributed by atoms with Gasteiger partial charge in [0.1, 0.15) is 5.82 Å². The molecule has 0 fully saturated rings. The molecule has 1 unspecified atom stereocenters. The van der Waals surface area contributed by atoms with Gasteiger partial charge in [0.05, 0.1) is 0 Å². The van der Waals surface area contributed by atoms with Crippen LogP contribution in [0.1, 0.15) is 13.3 Å². The summed E-state index contributed by atoms with van der Waals surface area (Å²) in [6, 6.07) is 1.85. The average Bonchev–Trinajstić information content (AvgIpc) is 2.17. The zero-order valence-corrected chi connectivity index (χ0v) is 10.1. The predicted octanol–water partition coefficient (Wildman–Crippen LogP) is 1.97. The molecular weight excluding hydrogens is 212 g/mol. The van der Waals surface area contributed by atoms with Gasteiger partial charge in [-0.15, -0.1) is 11.6 Å². The third-order valence-electron chi connectivity index (χ3n) is 1.89. The number of alkyl halides is 1. The molecule has 0 aliphatic heterocycles. The number of halogens is 1. The molecule has 0 saturated heterocycles. The van der Waals surface area contributed by atoms with Gasteiger partial charge in [0.2, 0.25) is 5.95 Å². The maximum Gasteiger partial charge on any atom is 0.226 e. The van der Waals surface area contributed by atoms with Crippen LogP contribution in [0.15, 0.2) is 12.3 Å². The number of rotatable bonds is 5. The van der Waals surface area contributed by atoms with E-state index in [-0.39, 0.29) is 5.38 Å². The fourth-order valence-electron chi connectivity index (χ4n) is 1.06. The Kier molecular flexibility index (Phi) is 4.62. The summed E-state index contributed by atoms with van der Waals surface area (Å²) in [5.41, 5.74) is 0. The molecule has 5 heteroatoms. The summed E-state index contributed by atoms with van der Waals surface area (Å²) in [5, 5.41) is 3.40. The minimum Gasteiger partial charge on any atom is -0.370 e. The summed E-state index contributed by atoms with van der Waals surface area (Å²) in [6.45, 7) is 2.81. The van der Waals surface area contributed by atoms with E-state index in [0.29, 0.717) is 5.95 Å². The highest BCUT2D eigenvalue weighted by atomic mass is 35.5. The average molecular weight is 229 g/mol. The molecule has 15 heavy (non-hydrogen) atoms. The molecule has 1 aromatic rings. The fourth-order valence-corrected chi connectivity index (χ4v) is 1.17. The maximum absolute atomic E-state index is 5.84. The molecule has 0 aromatic carbocycles. The summed E-state index contributed by atoms with van der Waals surface area (Å²) in [5.74, 6) is 1.55. The minimum atomic E-state index is 0.188. The number of nitrogens with zero attached hydrogens (tertiary/aromatic N) is 3. The Morgan fingerprint density at radius 3 is 2.87 bits per heavy atom. The third-order valence-corrected chi connectivity index (χ3v) is 2.11. The molecule has 0 saturated carbocycles. The van der Waals surface area contributed by atoms with E-state index in [1.807, 2.05) is 32.0 Å². The lowest BCUT2D eigenvalue weighted by Gasteiger charge is -2.11. The molecule has 1 aromatic heterocycles. The minimum absolute atomic E-state index is 0.188. The van der Waals surface area contributed by atoms with Crippen molar-refractivity contribution < 1.29 is 0 Å². The largest absolute Gasteiger partial charge is 0.370 e. The van der Waals surface area contributed by atoms with Gasteiger partial charge >= 0.3 is 0 Å². The van der Waals surface area contributed by atoms with Gasteiger partial charge in [0.25, 0.3) is 0 Å². The molecule has 1 N–H and O–H groups in total. The Morgan fingerprint density at radius 1 is 1.53 bits per heavy atom. The van der Waals surface area contributed by atoms with Gasteiger partial charge in [-0.25, -0.2) is 4.98 Å². The first kappa shape index (κ1) is 12.0. The normalized spacial score (nSPS) is 12.3. The van der Waals surface area contributed by atoms with Gasteiger partial charge in [0.15, 0.2) is 0 Å². The number of anilines is 2. The van der Waals surface area contributed by atoms with Crippen LogP contribution in [0.25, 0.3) is 0 Å². The Bertz CT molecular complexity index is 301. The molecule has 0 aliphatic carbocycles.